The highest BCUT2D eigenvalue weighted by Crippen LogP contribution is 2.27. The molecule has 4 N–H and O–H groups in total. The van der Waals surface area contributed by atoms with Gasteiger partial charge in [0.05, 0.1) is 11.1 Å². The van der Waals surface area contributed by atoms with Crippen LogP contribution in [0.25, 0.3) is 5.52 Å². The summed E-state index contributed by atoms with van der Waals surface area (Å²) in [6.45, 7) is 1.99. The molecule has 1 aromatic carbocycles. The number of anilines is 2. The number of fused-ring (bicyclic) bond motifs is 1. The first-order valence-electron chi connectivity index (χ1n) is 8.70. The molecule has 1 fully saturated rings. The van der Waals surface area contributed by atoms with E-state index in [1.165, 1.54) is 18.5 Å². The first-order chi connectivity index (χ1) is 13.0. The molecule has 0 radical (unpaired) electrons. The van der Waals surface area contributed by atoms with Crippen LogP contribution in [0.4, 0.5) is 15.9 Å². The number of piperidine rings is 1. The van der Waals surface area contributed by atoms with Crippen molar-refractivity contribution < 1.29 is 9.50 Å². The third kappa shape index (κ3) is 3.74. The summed E-state index contributed by atoms with van der Waals surface area (Å²) in [5.41, 5.74) is 8.37. The van der Waals surface area contributed by atoms with Crippen molar-refractivity contribution in [3.8, 4) is 0 Å². The summed E-state index contributed by atoms with van der Waals surface area (Å²) in [5, 5.41) is 17.5. The summed E-state index contributed by atoms with van der Waals surface area (Å²) in [4.78, 5) is 6.50. The first-order valence-corrected chi connectivity index (χ1v) is 9.08. The molecule has 0 saturated carbocycles. The maximum Gasteiger partial charge on any atom is 0.158 e. The van der Waals surface area contributed by atoms with Gasteiger partial charge in [-0.15, -0.1) is 0 Å². The van der Waals surface area contributed by atoms with Crippen molar-refractivity contribution in [2.45, 2.75) is 25.1 Å². The molecule has 1 aliphatic rings. The summed E-state index contributed by atoms with van der Waals surface area (Å²) in [6, 6.07) is 6.23. The zero-order chi connectivity index (χ0) is 19.0. The lowest BCUT2D eigenvalue weighted by Gasteiger charge is -2.33. The normalized spacial score (nSPS) is 20.9. The summed E-state index contributed by atoms with van der Waals surface area (Å²) in [6.07, 6.45) is 3.54. The van der Waals surface area contributed by atoms with Gasteiger partial charge in [0.1, 0.15) is 17.7 Å². The monoisotopic (exact) mass is 390 g/mol. The number of rotatable bonds is 4. The van der Waals surface area contributed by atoms with Crippen molar-refractivity contribution in [1.82, 2.24) is 19.5 Å². The molecule has 4 rings (SSSR count). The lowest BCUT2D eigenvalue weighted by molar-refractivity contribution is 0.0501. The molecule has 9 heteroatoms. The fraction of sp³-hybridized carbons (Fsp3) is 0.333. The molecule has 3 heterocycles. The highest BCUT2D eigenvalue weighted by atomic mass is 35.5. The minimum atomic E-state index is -0.525. The highest BCUT2D eigenvalue weighted by molar-refractivity contribution is 6.31. The number of nitrogens with one attached hydrogen (secondary N) is 1. The van der Waals surface area contributed by atoms with Crippen LogP contribution in [-0.4, -0.2) is 49.8 Å². The summed E-state index contributed by atoms with van der Waals surface area (Å²) in [5.74, 6) is 0.127. The fourth-order valence-corrected chi connectivity index (χ4v) is 3.53. The highest BCUT2D eigenvalue weighted by Gasteiger charge is 2.25. The summed E-state index contributed by atoms with van der Waals surface area (Å²) >= 11 is 5.87. The van der Waals surface area contributed by atoms with E-state index in [0.29, 0.717) is 24.6 Å². The van der Waals surface area contributed by atoms with E-state index in [-0.39, 0.29) is 11.1 Å². The van der Waals surface area contributed by atoms with Gasteiger partial charge in [-0.05, 0) is 36.2 Å². The number of aliphatic hydroxyl groups excluding tert-OH is 1. The molecule has 0 bridgehead atoms. The fourth-order valence-electron chi connectivity index (χ4n) is 3.35. The predicted octanol–water partition coefficient (Wildman–Crippen LogP) is 2.16. The molecule has 2 aromatic heterocycles. The van der Waals surface area contributed by atoms with E-state index < -0.39 is 11.9 Å². The van der Waals surface area contributed by atoms with Crippen molar-refractivity contribution in [1.29, 1.82) is 0 Å². The van der Waals surface area contributed by atoms with Gasteiger partial charge in [-0.3, -0.25) is 4.90 Å². The Balaban J connectivity index is 1.62. The molecule has 0 amide bonds. The van der Waals surface area contributed by atoms with E-state index >= 15 is 0 Å². The van der Waals surface area contributed by atoms with Crippen molar-refractivity contribution in [2.24, 2.45) is 5.73 Å². The van der Waals surface area contributed by atoms with E-state index in [0.717, 1.165) is 24.0 Å². The second-order valence-corrected chi connectivity index (χ2v) is 7.16. The summed E-state index contributed by atoms with van der Waals surface area (Å²) < 4.78 is 15.1. The van der Waals surface area contributed by atoms with Gasteiger partial charge in [0.25, 0.3) is 0 Å². The predicted molar refractivity (Wildman–Crippen MR) is 102 cm³/mol. The molecule has 142 valence electrons. The van der Waals surface area contributed by atoms with Gasteiger partial charge < -0.3 is 16.2 Å². The Hall–Kier alpha value is -2.26. The van der Waals surface area contributed by atoms with Gasteiger partial charge in [0.15, 0.2) is 5.82 Å². The molecule has 0 aliphatic carbocycles. The van der Waals surface area contributed by atoms with Gasteiger partial charge >= 0.3 is 0 Å². The Kier molecular flexibility index (Phi) is 4.96. The Morgan fingerprint density at radius 1 is 1.37 bits per heavy atom. The van der Waals surface area contributed by atoms with E-state index in [4.69, 9.17) is 17.3 Å². The van der Waals surface area contributed by atoms with E-state index in [2.05, 4.69) is 20.3 Å². The average Bonchev–Trinajstić information content (AvgIpc) is 3.05. The van der Waals surface area contributed by atoms with Crippen molar-refractivity contribution in [2.75, 3.05) is 18.4 Å². The SMILES string of the molecule is N[C@@H]1CCN(Cc2ccn3ncnc(Nc4ccc(F)c(Cl)c4)c23)C[C@H]1O. The topological polar surface area (TPSA) is 91.7 Å². The maximum atomic E-state index is 13.4. The zero-order valence-electron chi connectivity index (χ0n) is 14.5. The number of aliphatic hydroxyl groups is 1. The van der Waals surface area contributed by atoms with Crippen LogP contribution in [0, 0.1) is 5.82 Å². The molecule has 27 heavy (non-hydrogen) atoms. The van der Waals surface area contributed by atoms with Crippen LogP contribution in [0.3, 0.4) is 0 Å². The lowest BCUT2D eigenvalue weighted by Crippen LogP contribution is -2.50. The quantitative estimate of drug-likeness (QED) is 0.632. The van der Waals surface area contributed by atoms with Gasteiger partial charge in [-0.25, -0.2) is 13.9 Å². The second kappa shape index (κ2) is 7.40. The first kappa shape index (κ1) is 18.1. The number of hydrogen-bond donors (Lipinski definition) is 3. The number of hydrogen-bond acceptors (Lipinski definition) is 6. The van der Waals surface area contributed by atoms with Crippen LogP contribution in [-0.2, 0) is 6.54 Å². The van der Waals surface area contributed by atoms with Crippen LogP contribution in [0.5, 0.6) is 0 Å². The molecule has 2 atom stereocenters. The molecule has 1 aliphatic heterocycles. The average molecular weight is 391 g/mol. The molecule has 1 saturated heterocycles. The van der Waals surface area contributed by atoms with Gasteiger partial charge in [-0.2, -0.15) is 5.10 Å². The second-order valence-electron chi connectivity index (χ2n) is 6.75. The maximum absolute atomic E-state index is 13.4. The van der Waals surface area contributed by atoms with Crippen LogP contribution in [0.1, 0.15) is 12.0 Å². The minimum absolute atomic E-state index is 0.0410. The molecule has 3 aromatic rings. The van der Waals surface area contributed by atoms with Gasteiger partial charge in [0, 0.05) is 37.6 Å². The molecule has 7 nitrogen and oxygen atoms in total. The number of nitrogens with two attached hydrogens (primary N) is 1. The smallest absolute Gasteiger partial charge is 0.158 e. The minimum Gasteiger partial charge on any atom is -0.390 e. The van der Waals surface area contributed by atoms with Crippen molar-refractivity contribution >= 4 is 28.6 Å². The largest absolute Gasteiger partial charge is 0.390 e. The van der Waals surface area contributed by atoms with Gasteiger partial charge in [-0.1, -0.05) is 11.6 Å². The Bertz CT molecular complexity index is 964. The number of nitrogens with zero attached hydrogens (tertiary/aromatic N) is 4. The van der Waals surface area contributed by atoms with Gasteiger partial charge in [0.2, 0.25) is 0 Å². The zero-order valence-corrected chi connectivity index (χ0v) is 15.3. The standard InChI is InChI=1S/C18H20ClFN6O/c19-13-7-12(1-2-14(13)20)24-18-17-11(3-6-26(17)23-10-22-18)8-25-5-4-15(21)16(27)9-25/h1-3,6-7,10,15-16,27H,4-5,8-9,21H2,(H,22,23,24)/t15-,16-/m1/s1. The number of β-amino-alcohol motifs (C(OH)–C–C–N with tert-alkyl or cyclic N) is 1. The Labute approximate surface area is 160 Å². The van der Waals surface area contributed by atoms with Crippen LogP contribution in [0.2, 0.25) is 5.02 Å². The third-order valence-corrected chi connectivity index (χ3v) is 5.12. The van der Waals surface area contributed by atoms with E-state index in [1.807, 2.05) is 12.3 Å². The van der Waals surface area contributed by atoms with Crippen molar-refractivity contribution in [3.05, 3.63) is 53.2 Å². The Morgan fingerprint density at radius 3 is 3.00 bits per heavy atom. The molecule has 0 unspecified atom stereocenters. The molecule has 0 spiro atoms. The molecular weight excluding hydrogens is 371 g/mol. The number of likely N-dealkylation sites (tertiary alicyclic amines) is 1. The number of halogens is 2. The molecular formula is C18H20ClFN6O. The number of benzene rings is 1. The van der Waals surface area contributed by atoms with Crippen LogP contribution < -0.4 is 11.1 Å². The van der Waals surface area contributed by atoms with E-state index in [9.17, 15) is 9.50 Å². The summed E-state index contributed by atoms with van der Waals surface area (Å²) in [7, 11) is 0. The lowest BCUT2D eigenvalue weighted by atomic mass is 10.0. The Morgan fingerprint density at radius 2 is 2.22 bits per heavy atom. The van der Waals surface area contributed by atoms with Crippen LogP contribution in [0.15, 0.2) is 36.8 Å². The number of aromatic nitrogens is 3. The van der Waals surface area contributed by atoms with Crippen molar-refractivity contribution in [3.63, 3.8) is 0 Å². The van der Waals surface area contributed by atoms with E-state index in [1.54, 1.807) is 10.6 Å². The third-order valence-electron chi connectivity index (χ3n) is 4.83. The van der Waals surface area contributed by atoms with Crippen LogP contribution >= 0.6 is 11.6 Å².